The van der Waals surface area contributed by atoms with E-state index in [1.165, 1.54) is 6.07 Å². The van der Waals surface area contributed by atoms with Gasteiger partial charge in [-0.2, -0.15) is 0 Å². The van der Waals surface area contributed by atoms with E-state index in [0.29, 0.717) is 10.8 Å². The Kier molecular flexibility index (Phi) is 3.40. The van der Waals surface area contributed by atoms with Crippen LogP contribution in [0, 0.1) is 0 Å². The highest BCUT2D eigenvalue weighted by Crippen LogP contribution is 2.26. The van der Waals surface area contributed by atoms with Crippen LogP contribution in [0.1, 0.15) is 0 Å². The first-order valence-corrected chi connectivity index (χ1v) is 4.24. The zero-order valence-corrected chi connectivity index (χ0v) is 8.21. The van der Waals surface area contributed by atoms with Crippen molar-refractivity contribution in [1.29, 1.82) is 0 Å². The zero-order valence-electron chi connectivity index (χ0n) is 5.87. The Morgan fingerprint density at radius 3 is 2.58 bits per heavy atom. The fourth-order valence-electron chi connectivity index (χ4n) is 0.672. The summed E-state index contributed by atoms with van der Waals surface area (Å²) in [4.78, 5) is 0. The van der Waals surface area contributed by atoms with Gasteiger partial charge in [0.2, 0.25) is 0 Å². The molecule has 0 spiro atoms. The van der Waals surface area contributed by atoms with Gasteiger partial charge in [-0.05, 0) is 34.1 Å². The molecule has 0 bridgehead atoms. The molecule has 0 atom stereocenters. The Hall–Kier alpha value is -0.225. The van der Waals surface area contributed by atoms with E-state index < -0.39 is 7.32 Å². The summed E-state index contributed by atoms with van der Waals surface area (Å²) in [6.45, 7) is 0. The second-order valence-electron chi connectivity index (χ2n) is 2.02. The Morgan fingerprint density at radius 2 is 2.08 bits per heavy atom. The molecular formula is C6H5BBrClO3. The van der Waals surface area contributed by atoms with Crippen molar-refractivity contribution < 1.29 is 14.7 Å². The van der Waals surface area contributed by atoms with Crippen LogP contribution in [0.3, 0.4) is 0 Å². The van der Waals surface area contributed by atoms with Gasteiger partial charge >= 0.3 is 7.32 Å². The van der Waals surface area contributed by atoms with E-state index in [4.69, 9.17) is 21.6 Å². The van der Waals surface area contributed by atoms with Gasteiger partial charge in [0.15, 0.2) is 0 Å². The maximum Gasteiger partial charge on any atom is 0.707 e. The van der Waals surface area contributed by atoms with Crippen LogP contribution in [-0.4, -0.2) is 17.4 Å². The lowest BCUT2D eigenvalue weighted by Crippen LogP contribution is -2.20. The summed E-state index contributed by atoms with van der Waals surface area (Å²) in [6.07, 6.45) is 0. The Bertz CT molecular complexity index is 281. The van der Waals surface area contributed by atoms with Crippen LogP contribution >= 0.6 is 27.5 Å². The minimum absolute atomic E-state index is 0.304. The summed E-state index contributed by atoms with van der Waals surface area (Å²) in [6, 6.07) is 4.69. The lowest BCUT2D eigenvalue weighted by atomic mass is 10.2. The molecule has 6 heteroatoms. The summed E-state index contributed by atoms with van der Waals surface area (Å²) >= 11 is 8.89. The Balaban J connectivity index is 2.82. The van der Waals surface area contributed by atoms with E-state index in [2.05, 4.69) is 20.6 Å². The van der Waals surface area contributed by atoms with Crippen LogP contribution in [-0.2, 0) is 0 Å². The van der Waals surface area contributed by atoms with Gasteiger partial charge in [0.05, 0.1) is 5.02 Å². The number of halogens is 2. The van der Waals surface area contributed by atoms with E-state index in [1.807, 2.05) is 0 Å². The van der Waals surface area contributed by atoms with Crippen LogP contribution in [0.2, 0.25) is 5.02 Å². The van der Waals surface area contributed by atoms with Crippen molar-refractivity contribution in [3.63, 3.8) is 0 Å². The fourth-order valence-corrected chi connectivity index (χ4v) is 1.09. The molecule has 0 amide bonds. The molecule has 0 unspecified atom stereocenters. The summed E-state index contributed by atoms with van der Waals surface area (Å²) in [5.74, 6) is 0.304. The minimum atomic E-state index is -1.82. The normalized spacial score (nSPS) is 9.67. The number of rotatable bonds is 2. The van der Waals surface area contributed by atoms with E-state index in [0.717, 1.165) is 4.47 Å². The molecule has 1 aromatic carbocycles. The Morgan fingerprint density at radius 1 is 1.42 bits per heavy atom. The molecule has 0 aromatic heterocycles. The van der Waals surface area contributed by atoms with Gasteiger partial charge < -0.3 is 14.7 Å². The highest BCUT2D eigenvalue weighted by Gasteiger charge is 2.11. The third kappa shape index (κ3) is 2.67. The summed E-state index contributed by atoms with van der Waals surface area (Å²) in [7, 11) is -1.82. The quantitative estimate of drug-likeness (QED) is 0.782. The zero-order chi connectivity index (χ0) is 9.14. The van der Waals surface area contributed by atoms with Gasteiger partial charge in [0.1, 0.15) is 5.75 Å². The van der Waals surface area contributed by atoms with Crippen molar-refractivity contribution in [2.24, 2.45) is 0 Å². The second kappa shape index (κ2) is 4.14. The summed E-state index contributed by atoms with van der Waals surface area (Å²) in [5, 5.41) is 17.3. The van der Waals surface area contributed by atoms with Crippen LogP contribution in [0.25, 0.3) is 0 Å². The van der Waals surface area contributed by atoms with Crippen LogP contribution in [0.4, 0.5) is 0 Å². The largest absolute Gasteiger partial charge is 0.707 e. The lowest BCUT2D eigenvalue weighted by molar-refractivity contribution is 0.288. The molecular weight excluding hydrogens is 246 g/mol. The van der Waals surface area contributed by atoms with E-state index in [1.54, 1.807) is 12.1 Å². The molecule has 1 aromatic rings. The predicted molar refractivity (Wildman–Crippen MR) is 50.0 cm³/mol. The van der Waals surface area contributed by atoms with Crippen LogP contribution in [0.5, 0.6) is 5.75 Å². The average molecular weight is 251 g/mol. The van der Waals surface area contributed by atoms with E-state index in [9.17, 15) is 0 Å². The van der Waals surface area contributed by atoms with E-state index >= 15 is 0 Å². The molecule has 1 rings (SSSR count). The topological polar surface area (TPSA) is 49.7 Å². The van der Waals surface area contributed by atoms with Gasteiger partial charge in [-0.3, -0.25) is 0 Å². The maximum absolute atomic E-state index is 8.44. The van der Waals surface area contributed by atoms with Crippen molar-refractivity contribution in [3.05, 3.63) is 27.7 Å². The van der Waals surface area contributed by atoms with Gasteiger partial charge in [-0.1, -0.05) is 11.6 Å². The predicted octanol–water partition coefficient (Wildman–Crippen LogP) is 1.45. The molecule has 3 nitrogen and oxygen atoms in total. The molecule has 0 aliphatic carbocycles. The lowest BCUT2D eigenvalue weighted by Gasteiger charge is -2.04. The highest BCUT2D eigenvalue weighted by atomic mass is 79.9. The fraction of sp³-hybridized carbons (Fsp3) is 0. The average Bonchev–Trinajstić information content (AvgIpc) is 1.96. The molecule has 0 aliphatic heterocycles. The maximum atomic E-state index is 8.44. The highest BCUT2D eigenvalue weighted by molar-refractivity contribution is 9.10. The summed E-state index contributed by atoms with van der Waals surface area (Å²) in [5.41, 5.74) is 0. The van der Waals surface area contributed by atoms with Gasteiger partial charge in [0, 0.05) is 4.47 Å². The monoisotopic (exact) mass is 250 g/mol. The smallest absolute Gasteiger partial charge is 0.512 e. The first kappa shape index (κ1) is 9.86. The van der Waals surface area contributed by atoms with Crippen LogP contribution < -0.4 is 4.65 Å². The van der Waals surface area contributed by atoms with Gasteiger partial charge in [-0.25, -0.2) is 0 Å². The molecule has 0 aliphatic rings. The summed E-state index contributed by atoms with van der Waals surface area (Å²) < 4.78 is 5.28. The molecule has 0 fully saturated rings. The molecule has 0 heterocycles. The number of hydrogen-bond acceptors (Lipinski definition) is 3. The minimum Gasteiger partial charge on any atom is -0.512 e. The van der Waals surface area contributed by atoms with Crippen molar-refractivity contribution in [2.45, 2.75) is 0 Å². The van der Waals surface area contributed by atoms with Crippen molar-refractivity contribution >= 4 is 34.9 Å². The van der Waals surface area contributed by atoms with Crippen molar-refractivity contribution in [1.82, 2.24) is 0 Å². The Labute approximate surface area is 83.2 Å². The molecule has 2 N–H and O–H groups in total. The molecule has 0 radical (unpaired) electrons. The van der Waals surface area contributed by atoms with Crippen molar-refractivity contribution in [2.75, 3.05) is 0 Å². The van der Waals surface area contributed by atoms with Gasteiger partial charge in [0.25, 0.3) is 0 Å². The molecule has 12 heavy (non-hydrogen) atoms. The molecule has 64 valence electrons. The first-order chi connectivity index (χ1) is 5.59. The standard InChI is InChI=1S/C6H5BBrClO3/c8-5-2-1-4(3-6(5)9)12-7(10)11/h1-3,10-11H. The third-order valence-electron chi connectivity index (χ3n) is 1.13. The number of hydrogen-bond donors (Lipinski definition) is 2. The molecule has 0 saturated carbocycles. The first-order valence-electron chi connectivity index (χ1n) is 3.07. The van der Waals surface area contributed by atoms with Crippen molar-refractivity contribution in [3.8, 4) is 5.75 Å². The van der Waals surface area contributed by atoms with Gasteiger partial charge in [-0.15, -0.1) is 0 Å². The molecule has 0 saturated heterocycles. The SMILES string of the molecule is OB(O)Oc1ccc(Br)c(Cl)c1. The third-order valence-corrected chi connectivity index (χ3v) is 2.37. The second-order valence-corrected chi connectivity index (χ2v) is 3.28. The van der Waals surface area contributed by atoms with E-state index in [-0.39, 0.29) is 0 Å². The number of benzene rings is 1. The van der Waals surface area contributed by atoms with Crippen LogP contribution in [0.15, 0.2) is 22.7 Å².